The molecule has 3 nitrogen and oxygen atoms in total. The average molecular weight is 218 g/mol. The number of fused-ring (bicyclic) bond motifs is 1. The molecule has 0 amide bonds. The molecule has 0 aromatic carbocycles. The van der Waals surface area contributed by atoms with Gasteiger partial charge in [0.1, 0.15) is 6.61 Å². The van der Waals surface area contributed by atoms with Crippen LogP contribution in [0, 0.1) is 0 Å². The largest absolute Gasteiger partial charge is 0.476 e. The number of nitrogens with zero attached hydrogens (tertiary/aromatic N) is 1. The first-order valence-electron chi connectivity index (χ1n) is 6.27. The van der Waals surface area contributed by atoms with Crippen molar-refractivity contribution in [3.05, 3.63) is 23.4 Å². The van der Waals surface area contributed by atoms with E-state index in [4.69, 9.17) is 9.72 Å². The van der Waals surface area contributed by atoms with E-state index in [1.54, 1.807) is 0 Å². The Morgan fingerprint density at radius 1 is 1.25 bits per heavy atom. The predicted molar refractivity (Wildman–Crippen MR) is 62.6 cm³/mol. The number of hydrogen-bond donors (Lipinski definition) is 1. The van der Waals surface area contributed by atoms with Gasteiger partial charge in [-0.25, -0.2) is 4.98 Å². The van der Waals surface area contributed by atoms with Crippen molar-refractivity contribution < 1.29 is 4.74 Å². The maximum atomic E-state index is 5.68. The Balaban J connectivity index is 1.88. The number of rotatable bonds is 1. The van der Waals surface area contributed by atoms with Crippen LogP contribution in [0.1, 0.15) is 42.9 Å². The fraction of sp³-hybridized carbons (Fsp3) is 0.615. The molecule has 3 rings (SSSR count). The van der Waals surface area contributed by atoms with Gasteiger partial charge in [0.2, 0.25) is 5.88 Å². The average Bonchev–Trinajstić information content (AvgIpc) is 2.74. The van der Waals surface area contributed by atoms with Gasteiger partial charge < -0.3 is 10.1 Å². The van der Waals surface area contributed by atoms with Crippen LogP contribution < -0.4 is 10.1 Å². The lowest BCUT2D eigenvalue weighted by Gasteiger charge is -2.12. The summed E-state index contributed by atoms with van der Waals surface area (Å²) in [5.41, 5.74) is 2.43. The first-order valence-corrected chi connectivity index (χ1v) is 6.27. The summed E-state index contributed by atoms with van der Waals surface area (Å²) in [7, 11) is 0. The molecular weight excluding hydrogens is 200 g/mol. The smallest absolute Gasteiger partial charge is 0.218 e. The number of ether oxygens (including phenoxy) is 1. The third-order valence-electron chi connectivity index (χ3n) is 3.57. The molecule has 2 aliphatic rings. The Morgan fingerprint density at radius 3 is 3.00 bits per heavy atom. The number of pyridine rings is 1. The monoisotopic (exact) mass is 218 g/mol. The SMILES string of the molecule is c1cc2c(nc1C1CCCC1)OCCNC2. The molecule has 0 radical (unpaired) electrons. The second-order valence-corrected chi connectivity index (χ2v) is 4.71. The van der Waals surface area contributed by atoms with E-state index >= 15 is 0 Å². The number of aromatic nitrogens is 1. The van der Waals surface area contributed by atoms with Gasteiger partial charge in [-0.05, 0) is 18.9 Å². The van der Waals surface area contributed by atoms with Crippen LogP contribution in [0.3, 0.4) is 0 Å². The Hall–Kier alpha value is -1.09. The first kappa shape index (κ1) is 10.1. The normalized spacial score (nSPS) is 21.2. The Labute approximate surface area is 96.2 Å². The van der Waals surface area contributed by atoms with Gasteiger partial charge >= 0.3 is 0 Å². The summed E-state index contributed by atoms with van der Waals surface area (Å²) in [5.74, 6) is 1.53. The molecule has 1 saturated carbocycles. The highest BCUT2D eigenvalue weighted by molar-refractivity contribution is 5.30. The highest BCUT2D eigenvalue weighted by Crippen LogP contribution is 2.34. The molecule has 1 N–H and O–H groups in total. The zero-order chi connectivity index (χ0) is 10.8. The summed E-state index contributed by atoms with van der Waals surface area (Å²) in [6.45, 7) is 2.52. The summed E-state index contributed by atoms with van der Waals surface area (Å²) in [6, 6.07) is 4.36. The van der Waals surface area contributed by atoms with Crippen LogP contribution in [0.15, 0.2) is 12.1 Å². The minimum atomic E-state index is 0.671. The fourth-order valence-corrected chi connectivity index (χ4v) is 2.63. The van der Waals surface area contributed by atoms with Crippen molar-refractivity contribution in [3.63, 3.8) is 0 Å². The van der Waals surface area contributed by atoms with Gasteiger partial charge in [0, 0.05) is 30.3 Å². The summed E-state index contributed by atoms with van der Waals surface area (Å²) in [6.07, 6.45) is 5.30. The highest BCUT2D eigenvalue weighted by Gasteiger charge is 2.20. The maximum absolute atomic E-state index is 5.68. The molecule has 3 heteroatoms. The van der Waals surface area contributed by atoms with Gasteiger partial charge in [0.05, 0.1) is 0 Å². The van der Waals surface area contributed by atoms with Crippen LogP contribution in [-0.2, 0) is 6.54 Å². The minimum Gasteiger partial charge on any atom is -0.476 e. The molecule has 0 spiro atoms. The van der Waals surface area contributed by atoms with Crippen molar-refractivity contribution >= 4 is 0 Å². The molecular formula is C13H18N2O. The van der Waals surface area contributed by atoms with Crippen LogP contribution >= 0.6 is 0 Å². The van der Waals surface area contributed by atoms with Gasteiger partial charge in [-0.1, -0.05) is 18.9 Å². The molecule has 16 heavy (non-hydrogen) atoms. The predicted octanol–water partition coefficient (Wildman–Crippen LogP) is 2.22. The third-order valence-corrected chi connectivity index (χ3v) is 3.57. The van der Waals surface area contributed by atoms with Gasteiger partial charge in [-0.2, -0.15) is 0 Å². The lowest BCUT2D eigenvalue weighted by atomic mass is 10.0. The molecule has 1 aromatic rings. The number of nitrogens with one attached hydrogen (secondary N) is 1. The second-order valence-electron chi connectivity index (χ2n) is 4.71. The summed E-state index contributed by atoms with van der Waals surface area (Å²) >= 11 is 0. The van der Waals surface area contributed by atoms with E-state index in [1.807, 2.05) is 0 Å². The van der Waals surface area contributed by atoms with E-state index < -0.39 is 0 Å². The van der Waals surface area contributed by atoms with Crippen LogP contribution in [0.5, 0.6) is 5.88 Å². The summed E-state index contributed by atoms with van der Waals surface area (Å²) in [4.78, 5) is 4.69. The Morgan fingerprint density at radius 2 is 2.12 bits per heavy atom. The van der Waals surface area contributed by atoms with E-state index in [1.165, 1.54) is 36.9 Å². The molecule has 1 aliphatic carbocycles. The van der Waals surface area contributed by atoms with E-state index in [2.05, 4.69) is 17.4 Å². The van der Waals surface area contributed by atoms with Gasteiger partial charge in [0.25, 0.3) is 0 Å². The van der Waals surface area contributed by atoms with Crippen LogP contribution in [0.4, 0.5) is 0 Å². The standard InChI is InChI=1S/C13H18N2O/c1-2-4-10(3-1)12-6-5-11-9-14-7-8-16-13(11)15-12/h5-6,10,14H,1-4,7-9H2. The second kappa shape index (κ2) is 4.42. The summed E-state index contributed by atoms with van der Waals surface area (Å²) in [5, 5.41) is 3.33. The van der Waals surface area contributed by atoms with Crippen LogP contribution in [0.2, 0.25) is 0 Å². The maximum Gasteiger partial charge on any atom is 0.218 e. The lowest BCUT2D eigenvalue weighted by molar-refractivity contribution is 0.312. The Bertz CT molecular complexity index is 372. The van der Waals surface area contributed by atoms with Crippen LogP contribution in [0.25, 0.3) is 0 Å². The zero-order valence-electron chi connectivity index (χ0n) is 9.54. The van der Waals surface area contributed by atoms with Crippen molar-refractivity contribution in [2.45, 2.75) is 38.1 Å². The highest BCUT2D eigenvalue weighted by atomic mass is 16.5. The van der Waals surface area contributed by atoms with Crippen molar-refractivity contribution in [3.8, 4) is 5.88 Å². The topological polar surface area (TPSA) is 34.1 Å². The van der Waals surface area contributed by atoms with Gasteiger partial charge in [-0.3, -0.25) is 0 Å². The first-order chi connectivity index (χ1) is 7.93. The van der Waals surface area contributed by atoms with Crippen molar-refractivity contribution in [2.75, 3.05) is 13.2 Å². The number of hydrogen-bond acceptors (Lipinski definition) is 3. The van der Waals surface area contributed by atoms with Crippen molar-refractivity contribution in [2.24, 2.45) is 0 Å². The van der Waals surface area contributed by atoms with E-state index in [9.17, 15) is 0 Å². The Kier molecular flexibility index (Phi) is 2.79. The molecule has 0 saturated heterocycles. The molecule has 1 aliphatic heterocycles. The molecule has 1 fully saturated rings. The van der Waals surface area contributed by atoms with Crippen molar-refractivity contribution in [1.29, 1.82) is 0 Å². The minimum absolute atomic E-state index is 0.671. The zero-order valence-corrected chi connectivity index (χ0v) is 9.54. The summed E-state index contributed by atoms with van der Waals surface area (Å²) < 4.78 is 5.68. The fourth-order valence-electron chi connectivity index (χ4n) is 2.63. The van der Waals surface area contributed by atoms with E-state index in [-0.39, 0.29) is 0 Å². The van der Waals surface area contributed by atoms with Gasteiger partial charge in [0.15, 0.2) is 0 Å². The molecule has 2 heterocycles. The molecule has 1 aromatic heterocycles. The lowest BCUT2D eigenvalue weighted by Crippen LogP contribution is -2.16. The van der Waals surface area contributed by atoms with Crippen LogP contribution in [-0.4, -0.2) is 18.1 Å². The molecule has 0 atom stereocenters. The molecule has 0 unspecified atom stereocenters. The van der Waals surface area contributed by atoms with E-state index in [0.717, 1.165) is 25.6 Å². The quantitative estimate of drug-likeness (QED) is 0.784. The van der Waals surface area contributed by atoms with Gasteiger partial charge in [-0.15, -0.1) is 0 Å². The third kappa shape index (κ3) is 1.92. The molecule has 86 valence electrons. The molecule has 0 bridgehead atoms. The van der Waals surface area contributed by atoms with E-state index in [0.29, 0.717) is 5.92 Å². The van der Waals surface area contributed by atoms with Crippen molar-refractivity contribution in [1.82, 2.24) is 10.3 Å².